The van der Waals surface area contributed by atoms with Gasteiger partial charge in [0.1, 0.15) is 18.1 Å². The van der Waals surface area contributed by atoms with E-state index in [9.17, 15) is 14.0 Å². The Morgan fingerprint density at radius 3 is 2.62 bits per heavy atom. The van der Waals surface area contributed by atoms with Crippen LogP contribution in [0.2, 0.25) is 10.0 Å². The molecule has 0 N–H and O–H groups in total. The van der Waals surface area contributed by atoms with Crippen LogP contribution in [0.15, 0.2) is 76.7 Å². The summed E-state index contributed by atoms with van der Waals surface area (Å²) in [6.45, 7) is 0.501. The molecule has 190 valence electrons. The molecule has 9 heteroatoms. The van der Waals surface area contributed by atoms with Gasteiger partial charge in [-0.05, 0) is 71.0 Å². The SMILES string of the molecule is O=C(Cc1ccc(F)cc1)N(CC(=O)N1CCc2sccc2C1c1ccc(Cl)cc1Cl)Cc1ccco1. The van der Waals surface area contributed by atoms with E-state index in [1.165, 1.54) is 28.2 Å². The van der Waals surface area contributed by atoms with Gasteiger partial charge in [-0.1, -0.05) is 41.4 Å². The van der Waals surface area contributed by atoms with Crippen molar-refractivity contribution in [2.45, 2.75) is 25.4 Å². The number of benzene rings is 2. The second-order valence-corrected chi connectivity index (χ2v) is 10.7. The maximum Gasteiger partial charge on any atom is 0.243 e. The Bertz CT molecular complexity index is 1410. The van der Waals surface area contributed by atoms with Gasteiger partial charge in [-0.25, -0.2) is 4.39 Å². The van der Waals surface area contributed by atoms with Crippen LogP contribution in [0.4, 0.5) is 4.39 Å². The lowest BCUT2D eigenvalue weighted by molar-refractivity contribution is -0.142. The maximum atomic E-state index is 13.8. The number of carbonyl (C=O) groups excluding carboxylic acids is 2. The standard InChI is InChI=1S/C28H23Cl2FN2O3S/c29-19-5-8-22(24(30)15-19)28-23-10-13-37-25(23)9-11-33(28)27(35)17-32(16-21-2-1-12-36-21)26(34)14-18-3-6-20(31)7-4-18/h1-8,10,12-13,15,28H,9,11,14,16-17H2. The second-order valence-electron chi connectivity index (χ2n) is 8.84. The largest absolute Gasteiger partial charge is 0.467 e. The van der Waals surface area contributed by atoms with Gasteiger partial charge in [-0.15, -0.1) is 11.3 Å². The van der Waals surface area contributed by atoms with Crippen molar-refractivity contribution in [2.75, 3.05) is 13.1 Å². The van der Waals surface area contributed by atoms with Crippen LogP contribution >= 0.6 is 34.5 Å². The van der Waals surface area contributed by atoms with E-state index in [4.69, 9.17) is 27.6 Å². The Kier molecular flexibility index (Phi) is 7.65. The molecule has 0 saturated carbocycles. The zero-order valence-corrected chi connectivity index (χ0v) is 22.0. The predicted molar refractivity (Wildman–Crippen MR) is 142 cm³/mol. The first-order valence-corrected chi connectivity index (χ1v) is 13.4. The second kappa shape index (κ2) is 11.1. The van der Waals surface area contributed by atoms with Crippen molar-refractivity contribution >= 4 is 46.4 Å². The molecule has 0 bridgehead atoms. The normalized spacial score (nSPS) is 14.9. The third kappa shape index (κ3) is 5.74. The summed E-state index contributed by atoms with van der Waals surface area (Å²) >= 11 is 14.4. The van der Waals surface area contributed by atoms with Crippen LogP contribution in [0.1, 0.15) is 33.4 Å². The minimum atomic E-state index is -0.384. The Labute approximate surface area is 228 Å². The fourth-order valence-corrected chi connectivity index (χ4v) is 6.03. The number of nitrogens with zero attached hydrogens (tertiary/aromatic N) is 2. The fraction of sp³-hybridized carbons (Fsp3) is 0.214. The molecule has 0 spiro atoms. The molecule has 2 aromatic carbocycles. The first kappa shape index (κ1) is 25.5. The summed E-state index contributed by atoms with van der Waals surface area (Å²) in [4.78, 5) is 31.6. The first-order chi connectivity index (χ1) is 17.9. The molecule has 0 aliphatic carbocycles. The highest BCUT2D eigenvalue weighted by atomic mass is 35.5. The van der Waals surface area contributed by atoms with Crippen molar-refractivity contribution in [3.05, 3.63) is 115 Å². The molecule has 5 rings (SSSR count). The van der Waals surface area contributed by atoms with E-state index in [2.05, 4.69) is 0 Å². The number of amides is 2. The lowest BCUT2D eigenvalue weighted by atomic mass is 9.93. The predicted octanol–water partition coefficient (Wildman–Crippen LogP) is 6.53. The van der Waals surface area contributed by atoms with Crippen LogP contribution < -0.4 is 0 Å². The average Bonchev–Trinajstić information content (AvgIpc) is 3.57. The fourth-order valence-electron chi connectivity index (χ4n) is 4.61. The molecular weight excluding hydrogens is 534 g/mol. The number of hydrogen-bond acceptors (Lipinski definition) is 4. The minimum Gasteiger partial charge on any atom is -0.467 e. The number of halogens is 3. The molecule has 1 atom stereocenters. The van der Waals surface area contributed by atoms with Gasteiger partial charge in [0.05, 0.1) is 25.3 Å². The quantitative estimate of drug-likeness (QED) is 0.260. The highest BCUT2D eigenvalue weighted by Gasteiger charge is 2.35. The summed E-state index contributed by atoms with van der Waals surface area (Å²) in [5.74, 6) is -0.266. The zero-order chi connectivity index (χ0) is 25.9. The number of rotatable bonds is 7. The molecule has 2 aromatic heterocycles. The van der Waals surface area contributed by atoms with Gasteiger partial charge >= 0.3 is 0 Å². The van der Waals surface area contributed by atoms with E-state index in [0.717, 1.165) is 17.5 Å². The smallest absolute Gasteiger partial charge is 0.243 e. The molecular formula is C28H23Cl2FN2O3S. The number of furan rings is 1. The van der Waals surface area contributed by atoms with Crippen molar-refractivity contribution in [3.8, 4) is 0 Å². The molecule has 1 aliphatic heterocycles. The molecule has 1 aliphatic rings. The van der Waals surface area contributed by atoms with Gasteiger partial charge in [0.15, 0.2) is 0 Å². The van der Waals surface area contributed by atoms with E-state index >= 15 is 0 Å². The molecule has 3 heterocycles. The Hall–Kier alpha value is -3.13. The van der Waals surface area contributed by atoms with E-state index < -0.39 is 0 Å². The lowest BCUT2D eigenvalue weighted by Crippen LogP contribution is -2.46. The van der Waals surface area contributed by atoms with Crippen LogP contribution in [0.5, 0.6) is 0 Å². The summed E-state index contributed by atoms with van der Waals surface area (Å²) in [6, 6.07) is 16.2. The number of fused-ring (bicyclic) bond motifs is 1. The topological polar surface area (TPSA) is 53.8 Å². The Balaban J connectivity index is 1.42. The van der Waals surface area contributed by atoms with Gasteiger partial charge in [0.25, 0.3) is 0 Å². The van der Waals surface area contributed by atoms with Crippen molar-refractivity contribution in [1.82, 2.24) is 9.80 Å². The van der Waals surface area contributed by atoms with Gasteiger partial charge in [-0.3, -0.25) is 9.59 Å². The van der Waals surface area contributed by atoms with Gasteiger partial charge in [-0.2, -0.15) is 0 Å². The van der Waals surface area contributed by atoms with E-state index in [1.54, 1.807) is 52.6 Å². The Morgan fingerprint density at radius 2 is 1.89 bits per heavy atom. The van der Waals surface area contributed by atoms with Gasteiger partial charge < -0.3 is 14.2 Å². The summed E-state index contributed by atoms with van der Waals surface area (Å²) in [6.07, 6.45) is 2.29. The lowest BCUT2D eigenvalue weighted by Gasteiger charge is -2.38. The van der Waals surface area contributed by atoms with Crippen molar-refractivity contribution in [1.29, 1.82) is 0 Å². The summed E-state index contributed by atoms with van der Waals surface area (Å²) in [5, 5.41) is 3.02. The van der Waals surface area contributed by atoms with Crippen LogP contribution in [-0.2, 0) is 29.0 Å². The summed E-state index contributed by atoms with van der Waals surface area (Å²) in [7, 11) is 0. The summed E-state index contributed by atoms with van der Waals surface area (Å²) in [5.41, 5.74) is 2.48. The third-order valence-electron chi connectivity index (χ3n) is 6.42. The monoisotopic (exact) mass is 556 g/mol. The molecule has 1 unspecified atom stereocenters. The average molecular weight is 557 g/mol. The van der Waals surface area contributed by atoms with Crippen LogP contribution in [0.3, 0.4) is 0 Å². The Morgan fingerprint density at radius 1 is 1.08 bits per heavy atom. The highest BCUT2D eigenvalue weighted by Crippen LogP contribution is 2.41. The number of hydrogen-bond donors (Lipinski definition) is 0. The van der Waals surface area contributed by atoms with Crippen molar-refractivity contribution in [2.24, 2.45) is 0 Å². The summed E-state index contributed by atoms with van der Waals surface area (Å²) < 4.78 is 18.8. The van der Waals surface area contributed by atoms with Crippen LogP contribution in [0, 0.1) is 5.82 Å². The van der Waals surface area contributed by atoms with E-state index in [1.807, 2.05) is 17.5 Å². The molecule has 2 amide bonds. The van der Waals surface area contributed by atoms with Crippen LogP contribution in [-0.4, -0.2) is 34.7 Å². The zero-order valence-electron chi connectivity index (χ0n) is 19.7. The molecule has 0 radical (unpaired) electrons. The van der Waals surface area contributed by atoms with Crippen LogP contribution in [0.25, 0.3) is 0 Å². The third-order valence-corrected chi connectivity index (χ3v) is 7.98. The van der Waals surface area contributed by atoms with Crippen molar-refractivity contribution < 1.29 is 18.4 Å². The molecule has 4 aromatic rings. The van der Waals surface area contributed by atoms with Gasteiger partial charge in [0, 0.05) is 21.5 Å². The van der Waals surface area contributed by atoms with Gasteiger partial charge in [0.2, 0.25) is 11.8 Å². The molecule has 0 saturated heterocycles. The van der Waals surface area contributed by atoms with Crippen molar-refractivity contribution in [3.63, 3.8) is 0 Å². The molecule has 37 heavy (non-hydrogen) atoms. The maximum absolute atomic E-state index is 13.8. The van der Waals surface area contributed by atoms with E-state index in [0.29, 0.717) is 27.9 Å². The van der Waals surface area contributed by atoms with E-state index in [-0.39, 0.29) is 43.2 Å². The highest BCUT2D eigenvalue weighted by molar-refractivity contribution is 7.10. The first-order valence-electron chi connectivity index (χ1n) is 11.7. The number of carbonyl (C=O) groups is 2. The minimum absolute atomic E-state index is 0.0371. The number of thiophene rings is 1. The molecule has 5 nitrogen and oxygen atoms in total. The molecule has 0 fully saturated rings.